The van der Waals surface area contributed by atoms with Crippen molar-refractivity contribution in [2.75, 3.05) is 0 Å². The zero-order valence-corrected chi connectivity index (χ0v) is 23.3. The van der Waals surface area contributed by atoms with Crippen LogP contribution in [0.25, 0.3) is 33.6 Å². The monoisotopic (exact) mass is 572 g/mol. The summed E-state index contributed by atoms with van der Waals surface area (Å²) in [6, 6.07) is 17.2. The SMILES string of the molecule is CCCCC1=NC2(CCCC2)C(=O)N1Cc1ccc(-c2cc(-c3cccc(C(F)(F)F)n3)ccc2-c2cn[nH]n2)cc1. The van der Waals surface area contributed by atoms with E-state index in [2.05, 4.69) is 27.3 Å². The topological polar surface area (TPSA) is 87.1 Å². The fourth-order valence-electron chi connectivity index (χ4n) is 5.92. The number of H-pyrrole nitrogens is 1. The quantitative estimate of drug-likeness (QED) is 0.237. The number of carbonyl (C=O) groups is 1. The van der Waals surface area contributed by atoms with Gasteiger partial charge >= 0.3 is 6.18 Å². The fraction of sp³-hybridized carbons (Fsp3) is 0.344. The zero-order valence-electron chi connectivity index (χ0n) is 23.3. The van der Waals surface area contributed by atoms with Gasteiger partial charge in [-0.2, -0.15) is 28.6 Å². The number of benzene rings is 2. The van der Waals surface area contributed by atoms with E-state index in [0.29, 0.717) is 17.8 Å². The lowest BCUT2D eigenvalue weighted by Gasteiger charge is -2.23. The first-order chi connectivity index (χ1) is 20.3. The van der Waals surface area contributed by atoms with Crippen LogP contribution in [0.15, 0.2) is 71.9 Å². The van der Waals surface area contributed by atoms with Crippen molar-refractivity contribution in [1.82, 2.24) is 25.3 Å². The van der Waals surface area contributed by atoms with Crippen molar-refractivity contribution in [2.45, 2.75) is 70.1 Å². The number of amides is 1. The molecule has 0 unspecified atom stereocenters. The number of hydrogen-bond acceptors (Lipinski definition) is 5. The standard InChI is InChI=1S/C32H31F3N6O/c1-2-3-9-29-38-31(16-4-5-17-31)30(42)41(29)20-21-10-12-22(13-11-21)25-18-23(14-15-24(25)27-19-36-40-39-27)26-7-6-8-28(37-26)32(33,34)35/h6-8,10-15,18-19H,2-5,9,16-17,20H2,1H3,(H,36,39,40). The van der Waals surface area contributed by atoms with Crippen molar-refractivity contribution in [2.24, 2.45) is 4.99 Å². The summed E-state index contributed by atoms with van der Waals surface area (Å²) in [5.41, 5.74) is 3.25. The molecule has 10 heteroatoms. The third kappa shape index (κ3) is 5.33. The second-order valence-corrected chi connectivity index (χ2v) is 11.0. The predicted octanol–water partition coefficient (Wildman–Crippen LogP) is 7.46. The lowest BCUT2D eigenvalue weighted by Crippen LogP contribution is -2.40. The second-order valence-electron chi connectivity index (χ2n) is 11.0. The number of alkyl halides is 3. The average Bonchev–Trinajstić information content (AvgIpc) is 3.75. The third-order valence-corrected chi connectivity index (χ3v) is 8.13. The average molecular weight is 573 g/mol. The molecular formula is C32H31F3N6O. The highest BCUT2D eigenvalue weighted by Gasteiger charge is 2.49. The van der Waals surface area contributed by atoms with Crippen molar-refractivity contribution in [3.63, 3.8) is 0 Å². The molecular weight excluding hydrogens is 541 g/mol. The molecule has 3 heterocycles. The first kappa shape index (κ1) is 27.8. The minimum absolute atomic E-state index is 0.116. The maximum atomic E-state index is 13.5. The van der Waals surface area contributed by atoms with Crippen LogP contribution in [0, 0.1) is 0 Å². The Morgan fingerprint density at radius 2 is 1.71 bits per heavy atom. The Bertz CT molecular complexity index is 1610. The highest BCUT2D eigenvalue weighted by molar-refractivity contribution is 6.08. The maximum absolute atomic E-state index is 13.5. The number of carbonyl (C=O) groups excluding carboxylic acids is 1. The summed E-state index contributed by atoms with van der Waals surface area (Å²) >= 11 is 0. The predicted molar refractivity (Wildman–Crippen MR) is 154 cm³/mol. The van der Waals surface area contributed by atoms with Gasteiger partial charge in [-0.3, -0.25) is 14.7 Å². The Labute approximate surface area is 241 Å². The second kappa shape index (κ2) is 11.2. The van der Waals surface area contributed by atoms with Gasteiger partial charge in [-0.25, -0.2) is 4.98 Å². The molecule has 1 amide bonds. The number of hydrogen-bond donors (Lipinski definition) is 1. The van der Waals surface area contributed by atoms with Crippen molar-refractivity contribution >= 4 is 11.7 Å². The van der Waals surface area contributed by atoms with Gasteiger partial charge < -0.3 is 0 Å². The van der Waals surface area contributed by atoms with Gasteiger partial charge in [-0.05, 0) is 54.2 Å². The summed E-state index contributed by atoms with van der Waals surface area (Å²) in [7, 11) is 0. The largest absolute Gasteiger partial charge is 0.433 e. The van der Waals surface area contributed by atoms with E-state index in [1.807, 2.05) is 41.3 Å². The molecule has 42 heavy (non-hydrogen) atoms. The Kier molecular flexibility index (Phi) is 7.38. The molecule has 0 radical (unpaired) electrons. The van der Waals surface area contributed by atoms with Crippen molar-refractivity contribution in [3.05, 3.63) is 78.1 Å². The highest BCUT2D eigenvalue weighted by Crippen LogP contribution is 2.40. The number of nitrogens with zero attached hydrogens (tertiary/aromatic N) is 5. The molecule has 6 rings (SSSR count). The summed E-state index contributed by atoms with van der Waals surface area (Å²) in [4.78, 5) is 24.3. The van der Waals surface area contributed by atoms with Crippen LogP contribution >= 0.6 is 0 Å². The molecule has 1 aliphatic heterocycles. The Balaban J connectivity index is 1.32. The third-order valence-electron chi connectivity index (χ3n) is 8.13. The van der Waals surface area contributed by atoms with Crippen LogP contribution in [0.1, 0.15) is 63.1 Å². The fourth-order valence-corrected chi connectivity index (χ4v) is 5.92. The van der Waals surface area contributed by atoms with E-state index < -0.39 is 17.4 Å². The van der Waals surface area contributed by atoms with Crippen molar-refractivity contribution in [3.8, 4) is 33.6 Å². The number of aromatic amines is 1. The lowest BCUT2D eigenvalue weighted by molar-refractivity contribution is -0.141. The van der Waals surface area contributed by atoms with E-state index in [-0.39, 0.29) is 11.6 Å². The lowest BCUT2D eigenvalue weighted by atomic mass is 9.94. The molecule has 216 valence electrons. The molecule has 1 aliphatic carbocycles. The molecule has 2 aromatic carbocycles. The van der Waals surface area contributed by atoms with Crippen molar-refractivity contribution in [1.29, 1.82) is 0 Å². The molecule has 4 aromatic rings. The number of aromatic nitrogens is 4. The van der Waals surface area contributed by atoms with Gasteiger partial charge in [0, 0.05) is 17.5 Å². The molecule has 1 saturated carbocycles. The molecule has 0 bridgehead atoms. The van der Waals surface area contributed by atoms with Gasteiger partial charge in [-0.1, -0.05) is 68.7 Å². The summed E-state index contributed by atoms with van der Waals surface area (Å²) in [6.07, 6.45) is 3.57. The van der Waals surface area contributed by atoms with Gasteiger partial charge in [0.25, 0.3) is 5.91 Å². The summed E-state index contributed by atoms with van der Waals surface area (Å²) in [6.45, 7) is 2.59. The molecule has 1 N–H and O–H groups in total. The molecule has 0 saturated heterocycles. The van der Waals surface area contributed by atoms with Crippen LogP contribution in [-0.2, 0) is 17.5 Å². The highest BCUT2D eigenvalue weighted by atomic mass is 19.4. The van der Waals surface area contributed by atoms with E-state index in [1.165, 1.54) is 6.07 Å². The first-order valence-electron chi connectivity index (χ1n) is 14.3. The minimum atomic E-state index is -4.54. The number of pyridine rings is 1. The molecule has 0 atom stereocenters. The normalized spacial score (nSPS) is 16.4. The van der Waals surface area contributed by atoms with Gasteiger partial charge in [0.1, 0.15) is 22.8 Å². The summed E-state index contributed by atoms with van der Waals surface area (Å²) in [5.74, 6) is 1.01. The van der Waals surface area contributed by atoms with Crippen LogP contribution in [0.3, 0.4) is 0 Å². The van der Waals surface area contributed by atoms with E-state index >= 15 is 0 Å². The Morgan fingerprint density at radius 1 is 0.952 bits per heavy atom. The number of aliphatic imine (C=N–C) groups is 1. The van der Waals surface area contributed by atoms with Crippen LogP contribution in [0.5, 0.6) is 0 Å². The molecule has 1 fully saturated rings. The van der Waals surface area contributed by atoms with Gasteiger partial charge in [0.2, 0.25) is 0 Å². The molecule has 2 aromatic heterocycles. The van der Waals surface area contributed by atoms with E-state index in [1.54, 1.807) is 18.3 Å². The Hall–Kier alpha value is -4.34. The molecule has 1 spiro atoms. The summed E-state index contributed by atoms with van der Waals surface area (Å²) in [5, 5.41) is 10.8. The maximum Gasteiger partial charge on any atom is 0.433 e. The van der Waals surface area contributed by atoms with E-state index in [9.17, 15) is 18.0 Å². The first-order valence-corrected chi connectivity index (χ1v) is 14.3. The zero-order chi connectivity index (χ0) is 29.3. The van der Waals surface area contributed by atoms with Crippen LogP contribution in [-0.4, -0.2) is 42.6 Å². The molecule has 2 aliphatic rings. The minimum Gasteiger partial charge on any atom is -0.294 e. The number of unbranched alkanes of at least 4 members (excludes halogenated alkanes) is 1. The van der Waals surface area contributed by atoms with Gasteiger partial charge in [0.15, 0.2) is 0 Å². The van der Waals surface area contributed by atoms with Crippen LogP contribution in [0.4, 0.5) is 13.2 Å². The number of nitrogens with one attached hydrogen (secondary N) is 1. The smallest absolute Gasteiger partial charge is 0.294 e. The van der Waals surface area contributed by atoms with Gasteiger partial charge in [-0.15, -0.1) is 0 Å². The van der Waals surface area contributed by atoms with Crippen LogP contribution < -0.4 is 0 Å². The number of halogens is 3. The molecule has 7 nitrogen and oxygen atoms in total. The van der Waals surface area contributed by atoms with Crippen molar-refractivity contribution < 1.29 is 18.0 Å². The van der Waals surface area contributed by atoms with Crippen LogP contribution in [0.2, 0.25) is 0 Å². The Morgan fingerprint density at radius 3 is 2.40 bits per heavy atom. The van der Waals surface area contributed by atoms with E-state index in [0.717, 1.165) is 79.1 Å². The van der Waals surface area contributed by atoms with E-state index in [4.69, 9.17) is 4.99 Å². The number of rotatable bonds is 8. The van der Waals surface area contributed by atoms with Gasteiger partial charge in [0.05, 0.1) is 18.4 Å². The summed E-state index contributed by atoms with van der Waals surface area (Å²) < 4.78 is 40.0. The number of amidine groups is 1.